The van der Waals surface area contributed by atoms with Gasteiger partial charge in [-0.15, -0.1) is 0 Å². The zero-order valence-corrected chi connectivity index (χ0v) is 20.2. The third-order valence-electron chi connectivity index (χ3n) is 4.66. The minimum absolute atomic E-state index is 0.252. The van der Waals surface area contributed by atoms with Crippen molar-refractivity contribution >= 4 is 46.7 Å². The summed E-state index contributed by atoms with van der Waals surface area (Å²) < 4.78 is 10.0. The van der Waals surface area contributed by atoms with Crippen molar-refractivity contribution in [2.45, 2.75) is 39.9 Å². The van der Waals surface area contributed by atoms with E-state index < -0.39 is 35.7 Å². The number of rotatable bonds is 10. The van der Waals surface area contributed by atoms with Crippen LogP contribution >= 0.6 is 0 Å². The van der Waals surface area contributed by atoms with Crippen LogP contribution in [0.4, 0.5) is 11.4 Å². The quantitative estimate of drug-likeness (QED) is 0.291. The highest BCUT2D eigenvalue weighted by atomic mass is 16.6. The lowest BCUT2D eigenvalue weighted by molar-refractivity contribution is -0.143. The van der Waals surface area contributed by atoms with Gasteiger partial charge in [0.1, 0.15) is 0 Å². The van der Waals surface area contributed by atoms with Gasteiger partial charge in [-0.2, -0.15) is 0 Å². The number of carbonyl (C=O) groups is 6. The zero-order chi connectivity index (χ0) is 26.8. The Hall–Kier alpha value is -4.60. The van der Waals surface area contributed by atoms with Crippen molar-refractivity contribution in [1.82, 2.24) is 0 Å². The van der Waals surface area contributed by atoms with Crippen molar-refractivity contribution < 1.29 is 38.2 Å². The van der Waals surface area contributed by atoms with Gasteiger partial charge in [0.05, 0.1) is 0 Å². The summed E-state index contributed by atoms with van der Waals surface area (Å²) in [4.78, 5) is 71.0. The van der Waals surface area contributed by atoms with Crippen LogP contribution in [0.25, 0.3) is 0 Å². The maximum atomic E-state index is 12.4. The van der Waals surface area contributed by atoms with E-state index in [0.29, 0.717) is 11.4 Å². The Balaban J connectivity index is 1.86. The number of ketones is 2. The molecule has 0 spiro atoms. The fourth-order valence-corrected chi connectivity index (χ4v) is 2.98. The lowest BCUT2D eigenvalue weighted by atomic mass is 10.1. The molecule has 188 valence electrons. The Morgan fingerprint density at radius 3 is 1.19 bits per heavy atom. The molecule has 0 aromatic heterocycles. The summed E-state index contributed by atoms with van der Waals surface area (Å²) in [6.07, 6.45) is -0.673. The lowest BCUT2D eigenvalue weighted by Gasteiger charge is -2.12. The molecule has 0 aliphatic heterocycles. The van der Waals surface area contributed by atoms with Crippen LogP contribution in [0.3, 0.4) is 0 Å². The van der Waals surface area contributed by atoms with Crippen molar-refractivity contribution in [2.75, 3.05) is 10.6 Å². The molecule has 0 heterocycles. The number of benzene rings is 2. The van der Waals surface area contributed by atoms with Gasteiger partial charge in [-0.05, 0) is 62.4 Å². The average molecular weight is 495 g/mol. The monoisotopic (exact) mass is 494 g/mol. The molecule has 0 saturated heterocycles. The molecule has 2 amide bonds. The fourth-order valence-electron chi connectivity index (χ4n) is 2.98. The van der Waals surface area contributed by atoms with E-state index in [1.54, 1.807) is 24.3 Å². The highest BCUT2D eigenvalue weighted by molar-refractivity contribution is 6.03. The van der Waals surface area contributed by atoms with E-state index in [9.17, 15) is 28.8 Å². The predicted octanol–water partition coefficient (Wildman–Crippen LogP) is 3.09. The van der Waals surface area contributed by atoms with Crippen LogP contribution in [0, 0.1) is 0 Å². The van der Waals surface area contributed by atoms with Gasteiger partial charge < -0.3 is 20.1 Å². The summed E-state index contributed by atoms with van der Waals surface area (Å²) in [5.74, 6) is -3.35. The highest BCUT2D eigenvalue weighted by Gasteiger charge is 2.20. The van der Waals surface area contributed by atoms with Crippen molar-refractivity contribution in [3.8, 4) is 0 Å². The molecule has 10 heteroatoms. The van der Waals surface area contributed by atoms with E-state index in [1.165, 1.54) is 52.0 Å². The summed E-state index contributed by atoms with van der Waals surface area (Å²) >= 11 is 0. The molecule has 0 saturated carbocycles. The molecule has 2 aromatic rings. The Morgan fingerprint density at radius 2 is 0.917 bits per heavy atom. The molecule has 36 heavy (non-hydrogen) atoms. The first-order chi connectivity index (χ1) is 17.0. The van der Waals surface area contributed by atoms with E-state index in [-0.39, 0.29) is 22.9 Å². The molecule has 10 nitrogen and oxygen atoms in total. The average Bonchev–Trinajstić information content (AvgIpc) is 2.82. The highest BCUT2D eigenvalue weighted by Crippen LogP contribution is 2.14. The zero-order valence-electron chi connectivity index (χ0n) is 20.2. The van der Waals surface area contributed by atoms with E-state index in [4.69, 9.17) is 9.47 Å². The summed E-state index contributed by atoms with van der Waals surface area (Å²) in [6, 6.07) is 12.1. The molecule has 2 unspecified atom stereocenters. The number of Topliss-reactive ketones (excluding diaryl/α,β-unsaturated/α-hetero) is 2. The van der Waals surface area contributed by atoms with E-state index in [2.05, 4.69) is 10.6 Å². The van der Waals surface area contributed by atoms with Crippen LogP contribution in [0.5, 0.6) is 0 Å². The van der Waals surface area contributed by atoms with Crippen LogP contribution < -0.4 is 10.6 Å². The third-order valence-corrected chi connectivity index (χ3v) is 4.66. The molecule has 0 aliphatic carbocycles. The number of hydrogen-bond donors (Lipinski definition) is 2. The van der Waals surface area contributed by atoms with Crippen LogP contribution in [0.1, 0.15) is 48.4 Å². The second-order valence-electron chi connectivity index (χ2n) is 7.74. The second kappa shape index (κ2) is 12.7. The fraction of sp³-hybridized carbons (Fsp3) is 0.231. The van der Waals surface area contributed by atoms with Crippen LogP contribution in [0.15, 0.2) is 60.7 Å². The number of ether oxygens (including phenoxy) is 2. The summed E-state index contributed by atoms with van der Waals surface area (Å²) in [5, 5.41) is 5.15. The van der Waals surface area contributed by atoms with Crippen molar-refractivity contribution in [2.24, 2.45) is 0 Å². The smallest absolute Gasteiger partial charge is 0.331 e. The van der Waals surface area contributed by atoms with Gasteiger partial charge >= 0.3 is 11.9 Å². The predicted molar refractivity (Wildman–Crippen MR) is 130 cm³/mol. The molecule has 2 atom stereocenters. The molecule has 0 bridgehead atoms. The maximum absolute atomic E-state index is 12.4. The molecular formula is C26H26N2O8. The van der Waals surface area contributed by atoms with E-state index in [0.717, 1.165) is 12.2 Å². The normalized spacial score (nSPS) is 12.2. The number of anilines is 2. The molecule has 0 radical (unpaired) electrons. The SMILES string of the molecule is CC(=O)Nc1ccc(C(=O)C(C)OC(=O)C=CC(=O)OC(C)C(=O)c2ccc(NC(C)=O)cc2)cc1. The van der Waals surface area contributed by atoms with Gasteiger partial charge in [0.2, 0.25) is 23.4 Å². The molecule has 2 aromatic carbocycles. The molecule has 2 rings (SSSR count). The second-order valence-corrected chi connectivity index (χ2v) is 7.74. The Labute approximate surface area is 207 Å². The number of nitrogens with one attached hydrogen (secondary N) is 2. The van der Waals surface area contributed by atoms with Gasteiger partial charge in [0.15, 0.2) is 12.2 Å². The van der Waals surface area contributed by atoms with Crippen LogP contribution in [0.2, 0.25) is 0 Å². The maximum Gasteiger partial charge on any atom is 0.331 e. The lowest BCUT2D eigenvalue weighted by Crippen LogP contribution is -2.24. The number of amides is 2. The minimum atomic E-state index is -1.13. The van der Waals surface area contributed by atoms with Gasteiger partial charge in [0.25, 0.3) is 0 Å². The third kappa shape index (κ3) is 8.64. The molecular weight excluding hydrogens is 468 g/mol. The summed E-state index contributed by atoms with van der Waals surface area (Å²) in [5.41, 5.74) is 1.56. The van der Waals surface area contributed by atoms with Gasteiger partial charge in [-0.25, -0.2) is 9.59 Å². The topological polar surface area (TPSA) is 145 Å². The number of carbonyl (C=O) groups excluding carboxylic acids is 6. The molecule has 2 N–H and O–H groups in total. The number of esters is 2. The first-order valence-corrected chi connectivity index (χ1v) is 10.9. The molecule has 0 fully saturated rings. The van der Waals surface area contributed by atoms with Crippen LogP contribution in [-0.2, 0) is 28.7 Å². The Morgan fingerprint density at radius 1 is 0.611 bits per heavy atom. The first kappa shape index (κ1) is 27.6. The van der Waals surface area contributed by atoms with Crippen molar-refractivity contribution in [1.29, 1.82) is 0 Å². The number of hydrogen-bond acceptors (Lipinski definition) is 8. The van der Waals surface area contributed by atoms with Crippen molar-refractivity contribution in [3.05, 3.63) is 71.8 Å². The Bertz CT molecular complexity index is 1090. The first-order valence-electron chi connectivity index (χ1n) is 10.9. The van der Waals surface area contributed by atoms with Gasteiger partial charge in [0, 0.05) is 48.5 Å². The largest absolute Gasteiger partial charge is 0.451 e. The van der Waals surface area contributed by atoms with E-state index >= 15 is 0 Å². The van der Waals surface area contributed by atoms with Gasteiger partial charge in [-0.1, -0.05) is 0 Å². The minimum Gasteiger partial charge on any atom is -0.451 e. The summed E-state index contributed by atoms with van der Waals surface area (Å²) in [6.45, 7) is 5.48. The van der Waals surface area contributed by atoms with E-state index in [1.807, 2.05) is 0 Å². The van der Waals surface area contributed by atoms with Crippen molar-refractivity contribution in [3.63, 3.8) is 0 Å². The standard InChI is InChI=1S/C26H26N2O8/c1-15(25(33)19-5-9-21(10-6-19)27-17(3)29)35-23(31)13-14-24(32)36-16(2)26(34)20-7-11-22(12-8-20)28-18(4)30/h5-16H,1-4H3,(H,27,29)(H,28,30). The summed E-state index contributed by atoms with van der Waals surface area (Å²) in [7, 11) is 0. The molecule has 0 aliphatic rings. The Kier molecular flexibility index (Phi) is 9.79. The van der Waals surface area contributed by atoms with Crippen LogP contribution in [-0.4, -0.2) is 47.5 Å². The van der Waals surface area contributed by atoms with Gasteiger partial charge in [-0.3, -0.25) is 19.2 Å².